The quantitative estimate of drug-likeness (QED) is 0.325. The first kappa shape index (κ1) is 24.2. The maximum Gasteiger partial charge on any atom is 0.200 e. The minimum atomic E-state index is -0.942. The number of halogens is 3. The largest absolute Gasteiger partial charge is 0.493 e. The van der Waals surface area contributed by atoms with Crippen molar-refractivity contribution in [3.05, 3.63) is 65.0 Å². The Labute approximate surface area is 189 Å². The zero-order chi connectivity index (χ0) is 22.9. The monoisotopic (exact) mass is 446 g/mol. The van der Waals surface area contributed by atoms with E-state index in [0.29, 0.717) is 37.4 Å². The summed E-state index contributed by atoms with van der Waals surface area (Å²) in [6.07, 6.45) is 10.0. The van der Waals surface area contributed by atoms with Crippen LogP contribution in [-0.4, -0.2) is 13.2 Å². The zero-order valence-electron chi connectivity index (χ0n) is 19.1. The van der Waals surface area contributed by atoms with Crippen molar-refractivity contribution in [1.82, 2.24) is 0 Å². The van der Waals surface area contributed by atoms with E-state index < -0.39 is 11.6 Å². The van der Waals surface area contributed by atoms with Crippen LogP contribution < -0.4 is 9.47 Å². The van der Waals surface area contributed by atoms with E-state index in [2.05, 4.69) is 6.92 Å². The smallest absolute Gasteiger partial charge is 0.200 e. The van der Waals surface area contributed by atoms with Crippen molar-refractivity contribution in [2.75, 3.05) is 13.2 Å². The molecule has 0 heterocycles. The second-order valence-corrected chi connectivity index (χ2v) is 8.59. The molecule has 1 unspecified atom stereocenters. The molecule has 3 rings (SSSR count). The van der Waals surface area contributed by atoms with Crippen LogP contribution in [0.1, 0.15) is 69.4 Å². The molecule has 0 radical (unpaired) electrons. The van der Waals surface area contributed by atoms with Gasteiger partial charge in [-0.3, -0.25) is 0 Å². The maximum atomic E-state index is 14.7. The third-order valence-corrected chi connectivity index (χ3v) is 6.04. The van der Waals surface area contributed by atoms with Gasteiger partial charge in [0.2, 0.25) is 5.82 Å². The lowest BCUT2D eigenvalue weighted by molar-refractivity contribution is 0.228. The van der Waals surface area contributed by atoms with E-state index in [4.69, 9.17) is 9.47 Å². The SMILES string of the molecule is CCCCCCCOc1ccc(C2=CCC(COc3ccc(C)c(F)c3F)CC2)c(F)c1. The molecule has 1 aliphatic rings. The normalized spacial score (nSPS) is 16.0. The van der Waals surface area contributed by atoms with Gasteiger partial charge >= 0.3 is 0 Å². The molecule has 0 N–H and O–H groups in total. The Balaban J connectivity index is 1.49. The first-order valence-electron chi connectivity index (χ1n) is 11.7. The van der Waals surface area contributed by atoms with Crippen LogP contribution in [0.3, 0.4) is 0 Å². The van der Waals surface area contributed by atoms with E-state index in [1.165, 1.54) is 44.4 Å². The van der Waals surface area contributed by atoms with Gasteiger partial charge in [0.15, 0.2) is 11.6 Å². The van der Waals surface area contributed by atoms with E-state index in [1.54, 1.807) is 6.07 Å². The van der Waals surface area contributed by atoms with E-state index in [1.807, 2.05) is 12.1 Å². The molecule has 2 nitrogen and oxygen atoms in total. The molecule has 0 saturated carbocycles. The highest BCUT2D eigenvalue weighted by Crippen LogP contribution is 2.33. The second-order valence-electron chi connectivity index (χ2n) is 8.59. The maximum absolute atomic E-state index is 14.7. The Morgan fingerprint density at radius 2 is 1.75 bits per heavy atom. The summed E-state index contributed by atoms with van der Waals surface area (Å²) in [5.74, 6) is -1.39. The van der Waals surface area contributed by atoms with Crippen molar-refractivity contribution in [2.24, 2.45) is 5.92 Å². The van der Waals surface area contributed by atoms with Crippen LogP contribution in [0.4, 0.5) is 13.2 Å². The van der Waals surface area contributed by atoms with Gasteiger partial charge in [-0.05, 0) is 67.9 Å². The molecule has 174 valence electrons. The molecule has 0 aliphatic heterocycles. The van der Waals surface area contributed by atoms with E-state index in [9.17, 15) is 13.2 Å². The predicted molar refractivity (Wildman–Crippen MR) is 123 cm³/mol. The van der Waals surface area contributed by atoms with Gasteiger partial charge in [0.25, 0.3) is 0 Å². The number of rotatable bonds is 11. The molecule has 0 saturated heterocycles. The third-order valence-electron chi connectivity index (χ3n) is 6.04. The fourth-order valence-corrected chi connectivity index (χ4v) is 3.97. The number of aryl methyl sites for hydroxylation is 1. The van der Waals surface area contributed by atoms with Crippen molar-refractivity contribution in [1.29, 1.82) is 0 Å². The summed E-state index contributed by atoms with van der Waals surface area (Å²) < 4.78 is 53.5. The first-order valence-corrected chi connectivity index (χ1v) is 11.7. The van der Waals surface area contributed by atoms with Crippen LogP contribution in [0.25, 0.3) is 5.57 Å². The molecule has 0 amide bonds. The van der Waals surface area contributed by atoms with Gasteiger partial charge in [-0.25, -0.2) is 8.78 Å². The summed E-state index contributed by atoms with van der Waals surface area (Å²) >= 11 is 0. The minimum Gasteiger partial charge on any atom is -0.493 e. The number of hydrogen-bond acceptors (Lipinski definition) is 2. The van der Waals surface area contributed by atoms with Crippen LogP contribution in [0.2, 0.25) is 0 Å². The van der Waals surface area contributed by atoms with E-state index >= 15 is 0 Å². The lowest BCUT2D eigenvalue weighted by Gasteiger charge is -2.23. The van der Waals surface area contributed by atoms with Crippen molar-refractivity contribution < 1.29 is 22.6 Å². The summed E-state index contributed by atoms with van der Waals surface area (Å²) in [7, 11) is 0. The lowest BCUT2D eigenvalue weighted by atomic mass is 9.87. The Bertz CT molecular complexity index is 923. The Morgan fingerprint density at radius 1 is 0.938 bits per heavy atom. The molecule has 5 heteroatoms. The first-order chi connectivity index (χ1) is 15.5. The molecular weight excluding hydrogens is 413 g/mol. The summed E-state index contributed by atoms with van der Waals surface area (Å²) in [6.45, 7) is 4.61. The minimum absolute atomic E-state index is 0.0603. The van der Waals surface area contributed by atoms with Gasteiger partial charge in [0, 0.05) is 11.6 Å². The Hall–Kier alpha value is -2.43. The topological polar surface area (TPSA) is 18.5 Å². The molecule has 2 aromatic carbocycles. The summed E-state index contributed by atoms with van der Waals surface area (Å²) in [5, 5.41) is 0. The van der Waals surface area contributed by atoms with Crippen molar-refractivity contribution in [3.63, 3.8) is 0 Å². The van der Waals surface area contributed by atoms with E-state index in [0.717, 1.165) is 24.8 Å². The number of ether oxygens (including phenoxy) is 2. The molecule has 1 aliphatic carbocycles. The molecule has 0 bridgehead atoms. The standard InChI is InChI=1S/C27H33F3O2/c1-3-4-5-6-7-16-31-22-13-14-23(24(28)17-22)21-11-9-20(10-12-21)18-32-25-15-8-19(2)26(29)27(25)30/h8,11,13-15,17,20H,3-7,9-10,12,16,18H2,1-2H3. The Morgan fingerprint density at radius 3 is 2.47 bits per heavy atom. The number of hydrogen-bond donors (Lipinski definition) is 0. The lowest BCUT2D eigenvalue weighted by Crippen LogP contribution is -2.15. The van der Waals surface area contributed by atoms with E-state index in [-0.39, 0.29) is 23.0 Å². The zero-order valence-corrected chi connectivity index (χ0v) is 19.1. The number of benzene rings is 2. The average Bonchev–Trinajstić information content (AvgIpc) is 2.80. The van der Waals surface area contributed by atoms with Crippen molar-refractivity contribution in [2.45, 2.75) is 65.2 Å². The highest BCUT2D eigenvalue weighted by molar-refractivity contribution is 5.67. The van der Waals surface area contributed by atoms with Crippen LogP contribution in [-0.2, 0) is 0 Å². The average molecular weight is 447 g/mol. The predicted octanol–water partition coefficient (Wildman–Crippen LogP) is 8.02. The van der Waals surface area contributed by atoms with Crippen LogP contribution >= 0.6 is 0 Å². The van der Waals surface area contributed by atoms with Gasteiger partial charge in [-0.1, -0.05) is 44.7 Å². The van der Waals surface area contributed by atoms with Gasteiger partial charge in [-0.15, -0.1) is 0 Å². The summed E-state index contributed by atoms with van der Waals surface area (Å²) in [5.41, 5.74) is 1.83. The number of allylic oxidation sites excluding steroid dienone is 2. The van der Waals surface area contributed by atoms with Gasteiger partial charge in [0.1, 0.15) is 11.6 Å². The van der Waals surface area contributed by atoms with Crippen molar-refractivity contribution >= 4 is 5.57 Å². The van der Waals surface area contributed by atoms with Gasteiger partial charge in [0.05, 0.1) is 13.2 Å². The molecule has 32 heavy (non-hydrogen) atoms. The summed E-state index contributed by atoms with van der Waals surface area (Å²) in [4.78, 5) is 0. The molecular formula is C27H33F3O2. The number of unbranched alkanes of at least 4 members (excludes halogenated alkanes) is 4. The highest BCUT2D eigenvalue weighted by atomic mass is 19.2. The molecule has 0 spiro atoms. The third kappa shape index (κ3) is 6.54. The van der Waals surface area contributed by atoms with Crippen LogP contribution in [0.15, 0.2) is 36.4 Å². The molecule has 0 aromatic heterocycles. The molecule has 2 aromatic rings. The Kier molecular flexibility index (Phi) is 9.07. The summed E-state index contributed by atoms with van der Waals surface area (Å²) in [6, 6.07) is 8.05. The molecule has 0 fully saturated rings. The van der Waals surface area contributed by atoms with Crippen molar-refractivity contribution in [3.8, 4) is 11.5 Å². The van der Waals surface area contributed by atoms with Gasteiger partial charge < -0.3 is 9.47 Å². The second kappa shape index (κ2) is 12.0. The highest BCUT2D eigenvalue weighted by Gasteiger charge is 2.20. The van der Waals surface area contributed by atoms with Crippen LogP contribution in [0, 0.1) is 30.3 Å². The molecule has 1 atom stereocenters. The van der Waals surface area contributed by atoms with Crippen LogP contribution in [0.5, 0.6) is 11.5 Å². The fourth-order valence-electron chi connectivity index (χ4n) is 3.97. The fraction of sp³-hybridized carbons (Fsp3) is 0.481. The van der Waals surface area contributed by atoms with Gasteiger partial charge in [-0.2, -0.15) is 4.39 Å².